The summed E-state index contributed by atoms with van der Waals surface area (Å²) >= 11 is 0. The molecule has 86 valence electrons. The lowest BCUT2D eigenvalue weighted by Crippen LogP contribution is -2.50. The number of aliphatic hydroxyl groups excluding tert-OH is 1. The maximum atomic E-state index is 10.3. The second-order valence-electron chi connectivity index (χ2n) is 5.13. The van der Waals surface area contributed by atoms with E-state index in [4.69, 9.17) is 0 Å². The van der Waals surface area contributed by atoms with E-state index >= 15 is 0 Å². The normalized spacial score (nSPS) is 33.1. The molecule has 3 atom stereocenters. The summed E-state index contributed by atoms with van der Waals surface area (Å²) in [5, 5.41) is 10.3. The topological polar surface area (TPSA) is 23.5 Å². The van der Waals surface area contributed by atoms with Crippen LogP contribution in [0.3, 0.4) is 0 Å². The summed E-state index contributed by atoms with van der Waals surface area (Å²) in [6.45, 7) is 7.93. The first-order valence-electron chi connectivity index (χ1n) is 5.56. The Hall–Kier alpha value is -0.600. The molecule has 0 spiro atoms. The van der Waals surface area contributed by atoms with Gasteiger partial charge in [0, 0.05) is 11.5 Å². The SMILES string of the molecule is C=C(C)[C@H](O)[C@@]1(C)CCC=C[C@H]1N(C)C. The third-order valence-corrected chi connectivity index (χ3v) is 3.49. The molecule has 1 aliphatic rings. The zero-order valence-corrected chi connectivity index (χ0v) is 10.3. The summed E-state index contributed by atoms with van der Waals surface area (Å²) in [6, 6.07) is 0.290. The van der Waals surface area contributed by atoms with Gasteiger partial charge >= 0.3 is 0 Å². The van der Waals surface area contributed by atoms with E-state index < -0.39 is 6.10 Å². The molecule has 0 radical (unpaired) electrons. The van der Waals surface area contributed by atoms with Crippen molar-refractivity contribution in [3.63, 3.8) is 0 Å². The number of likely N-dealkylation sites (N-methyl/N-ethyl adjacent to an activating group) is 1. The highest BCUT2D eigenvalue weighted by Crippen LogP contribution is 2.40. The molecule has 0 unspecified atom stereocenters. The highest BCUT2D eigenvalue weighted by molar-refractivity contribution is 5.16. The molecule has 0 aromatic rings. The largest absolute Gasteiger partial charge is 0.388 e. The molecule has 0 aromatic heterocycles. The van der Waals surface area contributed by atoms with E-state index in [2.05, 4.69) is 44.6 Å². The molecule has 0 saturated carbocycles. The molecule has 1 N–H and O–H groups in total. The third-order valence-electron chi connectivity index (χ3n) is 3.49. The summed E-state index contributed by atoms with van der Waals surface area (Å²) in [6.07, 6.45) is 6.05. The number of rotatable bonds is 3. The highest BCUT2D eigenvalue weighted by atomic mass is 16.3. The smallest absolute Gasteiger partial charge is 0.0816 e. The Labute approximate surface area is 93.3 Å². The highest BCUT2D eigenvalue weighted by Gasteiger charge is 2.41. The fourth-order valence-corrected chi connectivity index (χ4v) is 2.61. The number of allylic oxidation sites excluding steroid dienone is 1. The van der Waals surface area contributed by atoms with Crippen molar-refractivity contribution in [2.75, 3.05) is 14.1 Å². The molecule has 1 rings (SSSR count). The zero-order chi connectivity index (χ0) is 11.6. The van der Waals surface area contributed by atoms with Gasteiger partial charge in [0.25, 0.3) is 0 Å². The predicted octanol–water partition coefficient (Wildman–Crippen LogP) is 2.21. The van der Waals surface area contributed by atoms with Crippen LogP contribution in [-0.4, -0.2) is 36.2 Å². The van der Waals surface area contributed by atoms with Crippen LogP contribution < -0.4 is 0 Å². The zero-order valence-electron chi connectivity index (χ0n) is 10.3. The second-order valence-corrected chi connectivity index (χ2v) is 5.13. The van der Waals surface area contributed by atoms with Crippen molar-refractivity contribution >= 4 is 0 Å². The van der Waals surface area contributed by atoms with E-state index in [1.54, 1.807) is 0 Å². The van der Waals surface area contributed by atoms with Crippen LogP contribution in [0.15, 0.2) is 24.3 Å². The quantitative estimate of drug-likeness (QED) is 0.720. The molecule has 0 heterocycles. The van der Waals surface area contributed by atoms with Gasteiger partial charge in [-0.1, -0.05) is 31.2 Å². The molecule has 0 amide bonds. The average Bonchev–Trinajstić information content (AvgIpc) is 2.16. The summed E-state index contributed by atoms with van der Waals surface area (Å²) in [5.41, 5.74) is 0.754. The van der Waals surface area contributed by atoms with Crippen molar-refractivity contribution in [2.24, 2.45) is 5.41 Å². The van der Waals surface area contributed by atoms with Gasteiger partial charge in [0.05, 0.1) is 6.10 Å². The molecule has 15 heavy (non-hydrogen) atoms. The van der Waals surface area contributed by atoms with Crippen LogP contribution >= 0.6 is 0 Å². The first-order chi connectivity index (χ1) is 6.89. The van der Waals surface area contributed by atoms with E-state index in [-0.39, 0.29) is 11.5 Å². The summed E-state index contributed by atoms with van der Waals surface area (Å²) in [4.78, 5) is 2.17. The van der Waals surface area contributed by atoms with Crippen molar-refractivity contribution in [1.82, 2.24) is 4.90 Å². The van der Waals surface area contributed by atoms with Crippen LogP contribution in [0.1, 0.15) is 26.7 Å². The second kappa shape index (κ2) is 4.50. The van der Waals surface area contributed by atoms with Crippen LogP contribution in [-0.2, 0) is 0 Å². The van der Waals surface area contributed by atoms with Crippen LogP contribution in [0.4, 0.5) is 0 Å². The fraction of sp³-hybridized carbons (Fsp3) is 0.692. The Morgan fingerprint density at radius 2 is 2.20 bits per heavy atom. The Balaban J connectivity index is 2.98. The predicted molar refractivity (Wildman–Crippen MR) is 64.8 cm³/mol. The number of hydrogen-bond acceptors (Lipinski definition) is 2. The van der Waals surface area contributed by atoms with E-state index in [1.807, 2.05) is 6.92 Å². The number of nitrogens with zero attached hydrogens (tertiary/aromatic N) is 1. The van der Waals surface area contributed by atoms with Gasteiger partial charge in [0.15, 0.2) is 0 Å². The standard InChI is InChI=1S/C13H23NO/c1-10(2)12(15)13(3)9-7-6-8-11(13)14(4)5/h6,8,11-12,15H,1,7,9H2,2-5H3/t11-,12+,13+/m1/s1. The third kappa shape index (κ3) is 2.32. The van der Waals surface area contributed by atoms with Crippen LogP contribution in [0.5, 0.6) is 0 Å². The van der Waals surface area contributed by atoms with E-state index in [9.17, 15) is 5.11 Å². The molecular weight excluding hydrogens is 186 g/mol. The Bertz CT molecular complexity index is 270. The molecule has 0 saturated heterocycles. The molecule has 0 fully saturated rings. The molecule has 2 heteroatoms. The monoisotopic (exact) mass is 209 g/mol. The van der Waals surface area contributed by atoms with Gasteiger partial charge < -0.3 is 10.0 Å². The van der Waals surface area contributed by atoms with E-state index in [0.717, 1.165) is 18.4 Å². The van der Waals surface area contributed by atoms with Gasteiger partial charge in [-0.3, -0.25) is 0 Å². The van der Waals surface area contributed by atoms with Crippen LogP contribution in [0, 0.1) is 5.41 Å². The maximum absolute atomic E-state index is 10.3. The minimum Gasteiger partial charge on any atom is -0.388 e. The molecule has 0 bridgehead atoms. The molecule has 0 aliphatic heterocycles. The van der Waals surface area contributed by atoms with Gasteiger partial charge in [-0.15, -0.1) is 0 Å². The van der Waals surface area contributed by atoms with Gasteiger partial charge in [0.1, 0.15) is 0 Å². The molecule has 0 aromatic carbocycles. The van der Waals surface area contributed by atoms with Crippen molar-refractivity contribution in [2.45, 2.75) is 38.8 Å². The molecule has 2 nitrogen and oxygen atoms in total. The van der Waals surface area contributed by atoms with Crippen LogP contribution in [0.2, 0.25) is 0 Å². The Morgan fingerprint density at radius 3 is 2.67 bits per heavy atom. The van der Waals surface area contributed by atoms with Crippen molar-refractivity contribution in [1.29, 1.82) is 0 Å². The lowest BCUT2D eigenvalue weighted by Gasteiger charge is -2.45. The van der Waals surface area contributed by atoms with Crippen LogP contribution in [0.25, 0.3) is 0 Å². The molecular formula is C13H23NO. The first kappa shape index (κ1) is 12.5. The minimum atomic E-state index is -0.421. The van der Waals surface area contributed by atoms with Gasteiger partial charge in [-0.05, 0) is 33.9 Å². The summed E-state index contributed by atoms with van der Waals surface area (Å²) in [7, 11) is 4.12. The Morgan fingerprint density at radius 1 is 1.60 bits per heavy atom. The summed E-state index contributed by atoms with van der Waals surface area (Å²) in [5.74, 6) is 0. The van der Waals surface area contributed by atoms with Crippen molar-refractivity contribution in [3.05, 3.63) is 24.3 Å². The van der Waals surface area contributed by atoms with E-state index in [1.165, 1.54) is 0 Å². The number of aliphatic hydroxyl groups is 1. The van der Waals surface area contributed by atoms with Gasteiger partial charge in [-0.25, -0.2) is 0 Å². The minimum absolute atomic E-state index is 0.107. The maximum Gasteiger partial charge on any atom is 0.0816 e. The Kier molecular flexibility index (Phi) is 3.74. The lowest BCUT2D eigenvalue weighted by molar-refractivity contribution is 0.00784. The average molecular weight is 209 g/mol. The van der Waals surface area contributed by atoms with Crippen molar-refractivity contribution in [3.8, 4) is 0 Å². The van der Waals surface area contributed by atoms with E-state index in [0.29, 0.717) is 0 Å². The van der Waals surface area contributed by atoms with Gasteiger partial charge in [0.2, 0.25) is 0 Å². The number of hydrogen-bond donors (Lipinski definition) is 1. The summed E-state index contributed by atoms with van der Waals surface area (Å²) < 4.78 is 0. The fourth-order valence-electron chi connectivity index (χ4n) is 2.61. The first-order valence-corrected chi connectivity index (χ1v) is 5.56. The van der Waals surface area contributed by atoms with Crippen molar-refractivity contribution < 1.29 is 5.11 Å². The molecule has 1 aliphatic carbocycles. The lowest BCUT2D eigenvalue weighted by atomic mass is 9.69. The van der Waals surface area contributed by atoms with Gasteiger partial charge in [-0.2, -0.15) is 0 Å².